The molecule has 2 fully saturated rings. The summed E-state index contributed by atoms with van der Waals surface area (Å²) in [4.78, 5) is 22.1. The van der Waals surface area contributed by atoms with Crippen LogP contribution in [0.15, 0.2) is 11.2 Å². The average molecular weight is 363 g/mol. The van der Waals surface area contributed by atoms with E-state index in [1.54, 1.807) is 0 Å². The van der Waals surface area contributed by atoms with Gasteiger partial charge in [-0.05, 0) is 41.2 Å². The van der Waals surface area contributed by atoms with Gasteiger partial charge < -0.3 is 19.2 Å². The highest BCUT2D eigenvalue weighted by molar-refractivity contribution is 5.96. The number of fused-ring (bicyclic) bond motifs is 1. The van der Waals surface area contributed by atoms with E-state index in [0.29, 0.717) is 11.4 Å². The lowest BCUT2D eigenvalue weighted by molar-refractivity contribution is -0.166. The van der Waals surface area contributed by atoms with E-state index in [-0.39, 0.29) is 24.3 Å². The Balaban J connectivity index is 2.09. The van der Waals surface area contributed by atoms with E-state index in [9.17, 15) is 4.79 Å². The maximum absolute atomic E-state index is 12.2. The Labute approximate surface area is 154 Å². The predicted molar refractivity (Wildman–Crippen MR) is 99.0 cm³/mol. The molecule has 26 heavy (non-hydrogen) atoms. The smallest absolute Gasteiger partial charge is 0.356 e. The topological polar surface area (TPSA) is 76.1 Å². The molecule has 3 rings (SSSR count). The molecule has 0 radical (unpaired) electrons. The van der Waals surface area contributed by atoms with Crippen LogP contribution in [0, 0.1) is 0 Å². The second-order valence-corrected chi connectivity index (χ2v) is 7.67. The number of likely N-dealkylation sites (tertiary alicyclic amines) is 1. The molecule has 0 aliphatic carbocycles. The summed E-state index contributed by atoms with van der Waals surface area (Å²) in [6, 6.07) is 0.183. The monoisotopic (exact) mass is 363 g/mol. The van der Waals surface area contributed by atoms with E-state index in [1.165, 1.54) is 7.11 Å². The van der Waals surface area contributed by atoms with Crippen molar-refractivity contribution in [3.05, 3.63) is 17.5 Å². The van der Waals surface area contributed by atoms with Gasteiger partial charge in [-0.3, -0.25) is 9.89 Å². The Bertz CT molecular complexity index is 720. The summed E-state index contributed by atoms with van der Waals surface area (Å²) in [5.41, 5.74) is 2.79. The molecule has 1 aromatic rings. The zero-order valence-electron chi connectivity index (χ0n) is 16.6. The van der Waals surface area contributed by atoms with Crippen LogP contribution in [0.3, 0.4) is 0 Å². The zero-order valence-corrected chi connectivity index (χ0v) is 16.6. The first-order chi connectivity index (χ1) is 12.2. The van der Waals surface area contributed by atoms with Crippen LogP contribution in [0.25, 0.3) is 0 Å². The third-order valence-electron chi connectivity index (χ3n) is 5.16. The molecule has 144 valence electrons. The van der Waals surface area contributed by atoms with E-state index in [2.05, 4.69) is 28.8 Å². The number of hydrogen-bond donors (Lipinski definition) is 1. The lowest BCUT2D eigenvalue weighted by atomic mass is 10.0. The fourth-order valence-electron chi connectivity index (χ4n) is 4.20. The van der Waals surface area contributed by atoms with Gasteiger partial charge in [0.05, 0.1) is 13.2 Å². The number of H-pyrrole nitrogens is 1. The van der Waals surface area contributed by atoms with Gasteiger partial charge in [0.15, 0.2) is 11.5 Å². The van der Waals surface area contributed by atoms with E-state index >= 15 is 0 Å². The van der Waals surface area contributed by atoms with Crippen LogP contribution in [0.4, 0.5) is 5.69 Å². The highest BCUT2D eigenvalue weighted by Gasteiger charge is 2.57. The Morgan fingerprint density at radius 2 is 2.00 bits per heavy atom. The van der Waals surface area contributed by atoms with E-state index in [1.807, 2.05) is 33.9 Å². The van der Waals surface area contributed by atoms with Crippen LogP contribution in [0.1, 0.15) is 63.1 Å². The van der Waals surface area contributed by atoms with Gasteiger partial charge in [-0.1, -0.05) is 6.92 Å². The van der Waals surface area contributed by atoms with Crippen molar-refractivity contribution in [3.8, 4) is 0 Å². The molecule has 3 heterocycles. The molecular weight excluding hydrogens is 334 g/mol. The standard InChI is InChI=1S/C19H29N3O4/c1-8-12-16-17(26-19(4,5)25-16)15(22(12)6)11-9-20-14(18(23)24-7)13(11)21-10(2)3/h9,12,15-17,20H,8H2,1-7H3. The summed E-state index contributed by atoms with van der Waals surface area (Å²) in [6.07, 6.45) is 2.67. The number of aromatic nitrogens is 1. The molecule has 0 saturated carbocycles. The van der Waals surface area contributed by atoms with Gasteiger partial charge in [0.2, 0.25) is 0 Å². The first-order valence-electron chi connectivity index (χ1n) is 9.09. The Kier molecular flexibility index (Phi) is 4.98. The number of esters is 1. The number of carbonyl (C=O) groups is 1. The lowest BCUT2D eigenvalue weighted by Crippen LogP contribution is -2.36. The second kappa shape index (κ2) is 6.79. The normalized spacial score (nSPS) is 30.3. The number of aromatic amines is 1. The van der Waals surface area contributed by atoms with Gasteiger partial charge in [-0.2, -0.15) is 0 Å². The van der Waals surface area contributed by atoms with E-state index < -0.39 is 11.8 Å². The number of ether oxygens (including phenoxy) is 3. The zero-order chi connectivity index (χ0) is 19.2. The molecule has 1 aromatic heterocycles. The van der Waals surface area contributed by atoms with Crippen LogP contribution < -0.4 is 0 Å². The van der Waals surface area contributed by atoms with Crippen LogP contribution in [0.2, 0.25) is 0 Å². The molecule has 0 bridgehead atoms. The third kappa shape index (κ3) is 3.08. The fraction of sp³-hybridized carbons (Fsp3) is 0.684. The number of aliphatic imine (C=N–C) groups is 1. The quantitative estimate of drug-likeness (QED) is 0.657. The van der Waals surface area contributed by atoms with Crippen molar-refractivity contribution in [3.63, 3.8) is 0 Å². The van der Waals surface area contributed by atoms with Crippen molar-refractivity contribution in [1.29, 1.82) is 0 Å². The van der Waals surface area contributed by atoms with Crippen molar-refractivity contribution in [2.75, 3.05) is 14.2 Å². The number of carbonyl (C=O) groups excluding carboxylic acids is 1. The van der Waals surface area contributed by atoms with Gasteiger partial charge in [0, 0.05) is 23.5 Å². The number of likely N-dealkylation sites (N-methyl/N-ethyl adjacent to an activating group) is 1. The predicted octanol–water partition coefficient (Wildman–Crippen LogP) is 3.20. The van der Waals surface area contributed by atoms with E-state index in [4.69, 9.17) is 14.2 Å². The molecule has 7 nitrogen and oxygen atoms in total. The van der Waals surface area contributed by atoms with Crippen molar-refractivity contribution < 1.29 is 19.0 Å². The summed E-state index contributed by atoms with van der Waals surface area (Å²) in [5, 5.41) is 0. The summed E-state index contributed by atoms with van der Waals surface area (Å²) in [6.45, 7) is 9.86. The van der Waals surface area contributed by atoms with Crippen LogP contribution in [-0.4, -0.2) is 59.8 Å². The molecule has 2 saturated heterocycles. The summed E-state index contributed by atoms with van der Waals surface area (Å²) in [5.74, 6) is -1.04. The Morgan fingerprint density at radius 1 is 1.35 bits per heavy atom. The maximum Gasteiger partial charge on any atom is 0.356 e. The van der Waals surface area contributed by atoms with Gasteiger partial charge in [0.1, 0.15) is 17.9 Å². The number of hydrogen-bond acceptors (Lipinski definition) is 6. The first-order valence-corrected chi connectivity index (χ1v) is 9.09. The van der Waals surface area contributed by atoms with E-state index in [0.717, 1.165) is 17.7 Å². The molecule has 0 spiro atoms. The van der Waals surface area contributed by atoms with Crippen molar-refractivity contribution in [2.24, 2.45) is 4.99 Å². The number of rotatable bonds is 4. The second-order valence-electron chi connectivity index (χ2n) is 7.67. The van der Waals surface area contributed by atoms with Crippen molar-refractivity contribution in [2.45, 2.75) is 71.1 Å². The lowest BCUT2D eigenvalue weighted by Gasteiger charge is -2.30. The Hall–Kier alpha value is -1.70. The molecule has 4 unspecified atom stereocenters. The fourth-order valence-corrected chi connectivity index (χ4v) is 4.20. The summed E-state index contributed by atoms with van der Waals surface area (Å²) < 4.78 is 17.4. The largest absolute Gasteiger partial charge is 0.464 e. The van der Waals surface area contributed by atoms with Crippen molar-refractivity contribution in [1.82, 2.24) is 9.88 Å². The Morgan fingerprint density at radius 3 is 2.58 bits per heavy atom. The molecule has 7 heteroatoms. The van der Waals surface area contributed by atoms with Crippen molar-refractivity contribution >= 4 is 17.4 Å². The number of nitrogens with one attached hydrogen (secondary N) is 1. The molecule has 4 atom stereocenters. The molecular formula is C19H29N3O4. The molecule has 0 amide bonds. The van der Waals surface area contributed by atoms with Crippen LogP contribution in [0.5, 0.6) is 0 Å². The average Bonchev–Trinajstić information content (AvgIpc) is 3.15. The molecule has 2 aliphatic heterocycles. The van der Waals surface area contributed by atoms with Gasteiger partial charge in [-0.15, -0.1) is 0 Å². The van der Waals surface area contributed by atoms with Crippen LogP contribution >= 0.6 is 0 Å². The molecule has 1 N–H and O–H groups in total. The number of methoxy groups -OCH3 is 1. The van der Waals surface area contributed by atoms with Crippen LogP contribution in [-0.2, 0) is 14.2 Å². The summed E-state index contributed by atoms with van der Waals surface area (Å²) >= 11 is 0. The van der Waals surface area contributed by atoms with Gasteiger partial charge >= 0.3 is 5.97 Å². The highest BCUT2D eigenvalue weighted by Crippen LogP contribution is 2.49. The van der Waals surface area contributed by atoms with Gasteiger partial charge in [0.25, 0.3) is 0 Å². The molecule has 2 aliphatic rings. The third-order valence-corrected chi connectivity index (χ3v) is 5.16. The SMILES string of the molecule is CCC1C2OC(C)(C)OC2C(c2c[nH]c(C(=O)OC)c2N=C(C)C)N1C. The minimum atomic E-state index is -0.617. The highest BCUT2D eigenvalue weighted by atomic mass is 16.8. The maximum atomic E-state index is 12.2. The first kappa shape index (κ1) is 19.1. The minimum absolute atomic E-state index is 0.0129. The summed E-state index contributed by atoms with van der Waals surface area (Å²) in [7, 11) is 3.45. The van der Waals surface area contributed by atoms with Gasteiger partial charge in [-0.25, -0.2) is 4.79 Å². The number of nitrogens with zero attached hydrogens (tertiary/aromatic N) is 2. The minimum Gasteiger partial charge on any atom is -0.464 e. The molecule has 0 aromatic carbocycles.